The summed E-state index contributed by atoms with van der Waals surface area (Å²) in [6, 6.07) is 19.0. The van der Waals surface area contributed by atoms with Gasteiger partial charge in [-0.2, -0.15) is 4.98 Å². The number of aromatic nitrogens is 2. The Morgan fingerprint density at radius 1 is 1.04 bits per heavy atom. The summed E-state index contributed by atoms with van der Waals surface area (Å²) in [7, 11) is 1.37. The van der Waals surface area contributed by atoms with Crippen LogP contribution in [0, 0.1) is 0 Å². The summed E-state index contributed by atoms with van der Waals surface area (Å²) in [4.78, 5) is 21.0. The number of nitrogens with zero attached hydrogens (tertiary/aromatic N) is 2. The van der Waals surface area contributed by atoms with Crippen LogP contribution in [0.1, 0.15) is 30.1 Å². The van der Waals surface area contributed by atoms with Gasteiger partial charge in [-0.3, -0.25) is 0 Å². The molecule has 0 aliphatic rings. The number of esters is 1. The first-order valence-electron chi connectivity index (χ1n) is 9.33. The highest BCUT2D eigenvalue weighted by Crippen LogP contribution is 2.24. The van der Waals surface area contributed by atoms with Crippen LogP contribution >= 0.6 is 0 Å². The number of benzene rings is 2. The number of ether oxygens (including phenoxy) is 1. The van der Waals surface area contributed by atoms with Gasteiger partial charge in [-0.15, -0.1) is 0 Å². The van der Waals surface area contributed by atoms with Crippen LogP contribution in [-0.2, 0) is 4.74 Å². The molecule has 144 valence electrons. The number of rotatable bonds is 8. The van der Waals surface area contributed by atoms with Crippen LogP contribution in [0.5, 0.6) is 0 Å². The number of hydrogen-bond donors (Lipinski definition) is 2. The normalized spacial score (nSPS) is 10.4. The van der Waals surface area contributed by atoms with Crippen LogP contribution in [0.3, 0.4) is 0 Å². The Morgan fingerprint density at radius 2 is 1.86 bits per heavy atom. The van der Waals surface area contributed by atoms with Crippen LogP contribution in [0.2, 0.25) is 0 Å². The quantitative estimate of drug-likeness (QED) is 0.431. The molecule has 6 heteroatoms. The Labute approximate surface area is 165 Å². The molecule has 28 heavy (non-hydrogen) atoms. The lowest BCUT2D eigenvalue weighted by atomic mass is 10.1. The maximum atomic E-state index is 11.8. The SMILES string of the molecule is CCCCNc1nc(Nc2cccc(C(=O)OC)c2)cc(-c2ccccc2)n1. The van der Waals surface area contributed by atoms with Crippen molar-refractivity contribution in [2.45, 2.75) is 19.8 Å². The lowest BCUT2D eigenvalue weighted by molar-refractivity contribution is 0.0601. The zero-order valence-corrected chi connectivity index (χ0v) is 16.1. The largest absolute Gasteiger partial charge is 0.465 e. The number of nitrogens with one attached hydrogen (secondary N) is 2. The number of unbranched alkanes of at least 4 members (excludes halogenated alkanes) is 1. The molecule has 0 fully saturated rings. The lowest BCUT2D eigenvalue weighted by Crippen LogP contribution is -2.07. The molecule has 0 spiro atoms. The highest BCUT2D eigenvalue weighted by atomic mass is 16.5. The first-order chi connectivity index (χ1) is 13.7. The summed E-state index contributed by atoms with van der Waals surface area (Å²) in [6.07, 6.45) is 2.14. The fourth-order valence-corrected chi connectivity index (χ4v) is 2.71. The first-order valence-corrected chi connectivity index (χ1v) is 9.33. The molecular weight excluding hydrogens is 352 g/mol. The standard InChI is InChI=1S/C22H24N4O2/c1-3-4-13-23-22-25-19(16-9-6-5-7-10-16)15-20(26-22)24-18-12-8-11-17(14-18)21(27)28-2/h5-12,14-15H,3-4,13H2,1-2H3,(H2,23,24,25,26). The molecule has 1 aromatic heterocycles. The highest BCUT2D eigenvalue weighted by molar-refractivity contribution is 5.90. The molecule has 6 nitrogen and oxygen atoms in total. The molecule has 2 aromatic carbocycles. The van der Waals surface area contributed by atoms with Gasteiger partial charge in [0.25, 0.3) is 0 Å². The third kappa shape index (κ3) is 5.07. The predicted molar refractivity (Wildman–Crippen MR) is 112 cm³/mol. The molecule has 1 heterocycles. The zero-order chi connectivity index (χ0) is 19.8. The maximum Gasteiger partial charge on any atom is 0.337 e. The van der Waals surface area contributed by atoms with Gasteiger partial charge >= 0.3 is 5.97 Å². The van der Waals surface area contributed by atoms with E-state index in [-0.39, 0.29) is 5.97 Å². The molecule has 2 N–H and O–H groups in total. The average molecular weight is 376 g/mol. The van der Waals surface area contributed by atoms with Gasteiger partial charge in [-0.05, 0) is 24.6 Å². The minimum Gasteiger partial charge on any atom is -0.465 e. The summed E-state index contributed by atoms with van der Waals surface area (Å²) in [5.41, 5.74) is 3.06. The van der Waals surface area contributed by atoms with Crippen molar-refractivity contribution < 1.29 is 9.53 Å². The van der Waals surface area contributed by atoms with Gasteiger partial charge in [-0.1, -0.05) is 49.7 Å². The molecule has 0 saturated carbocycles. The molecular formula is C22H24N4O2. The van der Waals surface area contributed by atoms with Gasteiger partial charge in [-0.25, -0.2) is 9.78 Å². The van der Waals surface area contributed by atoms with Crippen molar-refractivity contribution in [3.63, 3.8) is 0 Å². The van der Waals surface area contributed by atoms with Crippen molar-refractivity contribution in [2.75, 3.05) is 24.3 Å². The minimum atomic E-state index is -0.377. The fourth-order valence-electron chi connectivity index (χ4n) is 2.71. The number of anilines is 3. The van der Waals surface area contributed by atoms with E-state index in [9.17, 15) is 4.79 Å². The third-order valence-electron chi connectivity index (χ3n) is 4.17. The van der Waals surface area contributed by atoms with E-state index in [2.05, 4.69) is 27.5 Å². The fraction of sp³-hybridized carbons (Fsp3) is 0.227. The molecule has 0 unspecified atom stereocenters. The van der Waals surface area contributed by atoms with Crippen molar-refractivity contribution >= 4 is 23.4 Å². The van der Waals surface area contributed by atoms with Crippen molar-refractivity contribution in [2.24, 2.45) is 0 Å². The smallest absolute Gasteiger partial charge is 0.337 e. The summed E-state index contributed by atoms with van der Waals surface area (Å²) in [5.74, 6) is 0.842. The summed E-state index contributed by atoms with van der Waals surface area (Å²) in [6.45, 7) is 2.95. The van der Waals surface area contributed by atoms with Crippen molar-refractivity contribution in [3.05, 3.63) is 66.2 Å². The monoisotopic (exact) mass is 376 g/mol. The minimum absolute atomic E-state index is 0.377. The van der Waals surface area contributed by atoms with E-state index in [4.69, 9.17) is 4.74 Å². The second-order valence-corrected chi connectivity index (χ2v) is 6.31. The molecule has 0 aliphatic heterocycles. The average Bonchev–Trinajstić information content (AvgIpc) is 2.74. The van der Waals surface area contributed by atoms with Crippen LogP contribution in [0.15, 0.2) is 60.7 Å². The first kappa shape index (κ1) is 19.4. The van der Waals surface area contributed by atoms with Crippen LogP contribution in [0.4, 0.5) is 17.5 Å². The molecule has 0 bridgehead atoms. The Balaban J connectivity index is 1.91. The summed E-state index contributed by atoms with van der Waals surface area (Å²) in [5, 5.41) is 6.55. The maximum absolute atomic E-state index is 11.8. The lowest BCUT2D eigenvalue weighted by Gasteiger charge is -2.12. The van der Waals surface area contributed by atoms with Gasteiger partial charge in [0.15, 0.2) is 0 Å². The van der Waals surface area contributed by atoms with E-state index >= 15 is 0 Å². The van der Waals surface area contributed by atoms with Crippen LogP contribution in [-0.4, -0.2) is 29.6 Å². The second-order valence-electron chi connectivity index (χ2n) is 6.31. The molecule has 0 atom stereocenters. The molecule has 0 aliphatic carbocycles. The Morgan fingerprint density at radius 3 is 2.61 bits per heavy atom. The van der Waals surface area contributed by atoms with Crippen LogP contribution < -0.4 is 10.6 Å². The van der Waals surface area contributed by atoms with Gasteiger partial charge in [0.2, 0.25) is 5.95 Å². The zero-order valence-electron chi connectivity index (χ0n) is 16.1. The van der Waals surface area contributed by atoms with E-state index in [1.54, 1.807) is 18.2 Å². The van der Waals surface area contributed by atoms with Crippen molar-refractivity contribution in [1.82, 2.24) is 9.97 Å². The predicted octanol–water partition coefficient (Wildman–Crippen LogP) is 4.89. The Bertz CT molecular complexity index is 929. The molecule has 0 radical (unpaired) electrons. The van der Waals surface area contributed by atoms with E-state index in [1.807, 2.05) is 42.5 Å². The van der Waals surface area contributed by atoms with E-state index in [0.29, 0.717) is 17.3 Å². The van der Waals surface area contributed by atoms with Gasteiger partial charge < -0.3 is 15.4 Å². The van der Waals surface area contributed by atoms with E-state index in [0.717, 1.165) is 36.3 Å². The highest BCUT2D eigenvalue weighted by Gasteiger charge is 2.09. The molecule has 0 saturated heterocycles. The van der Waals surface area contributed by atoms with Crippen molar-refractivity contribution in [1.29, 1.82) is 0 Å². The van der Waals surface area contributed by atoms with Gasteiger partial charge in [0, 0.05) is 23.9 Å². The number of hydrogen-bond acceptors (Lipinski definition) is 6. The van der Waals surface area contributed by atoms with E-state index in [1.165, 1.54) is 7.11 Å². The van der Waals surface area contributed by atoms with Gasteiger partial charge in [0.1, 0.15) is 5.82 Å². The number of methoxy groups -OCH3 is 1. The van der Waals surface area contributed by atoms with Gasteiger partial charge in [0.05, 0.1) is 18.4 Å². The molecule has 3 aromatic rings. The number of carbonyl (C=O) groups is 1. The Kier molecular flexibility index (Phi) is 6.57. The summed E-state index contributed by atoms with van der Waals surface area (Å²) < 4.78 is 4.79. The summed E-state index contributed by atoms with van der Waals surface area (Å²) >= 11 is 0. The van der Waals surface area contributed by atoms with Crippen molar-refractivity contribution in [3.8, 4) is 11.3 Å². The molecule has 0 amide bonds. The topological polar surface area (TPSA) is 76.1 Å². The van der Waals surface area contributed by atoms with Crippen LogP contribution in [0.25, 0.3) is 11.3 Å². The third-order valence-corrected chi connectivity index (χ3v) is 4.17. The Hall–Kier alpha value is -3.41. The molecule has 3 rings (SSSR count). The van der Waals surface area contributed by atoms with E-state index < -0.39 is 0 Å². The number of carbonyl (C=O) groups excluding carboxylic acids is 1. The second kappa shape index (κ2) is 9.50.